The number of rotatable bonds is 5. The maximum absolute atomic E-state index is 12.0. The summed E-state index contributed by atoms with van der Waals surface area (Å²) in [5.41, 5.74) is 1.12. The van der Waals surface area contributed by atoms with Gasteiger partial charge in [0, 0.05) is 37.7 Å². The third kappa shape index (κ3) is 7.18. The van der Waals surface area contributed by atoms with Crippen LogP contribution in [0.4, 0.5) is 13.2 Å². The van der Waals surface area contributed by atoms with E-state index in [0.717, 1.165) is 30.8 Å². The highest BCUT2D eigenvalue weighted by Crippen LogP contribution is 2.46. The number of hydrogen-bond donors (Lipinski definition) is 1. The number of pyridine rings is 1. The zero-order chi connectivity index (χ0) is 21.7. The molecule has 162 valence electrons. The summed E-state index contributed by atoms with van der Waals surface area (Å²) in [5, 5.41) is 7.12. The molecule has 2 fully saturated rings. The van der Waals surface area contributed by atoms with Crippen LogP contribution >= 0.6 is 11.8 Å². The van der Waals surface area contributed by atoms with Crippen LogP contribution in [0.1, 0.15) is 32.3 Å². The van der Waals surface area contributed by atoms with Crippen molar-refractivity contribution in [3.8, 4) is 0 Å². The highest BCUT2D eigenvalue weighted by molar-refractivity contribution is 8.01. The summed E-state index contributed by atoms with van der Waals surface area (Å²) in [4.78, 5) is 27.1. The average Bonchev–Trinajstić information content (AvgIpc) is 3.03. The molecule has 0 radical (unpaired) electrons. The monoisotopic (exact) mass is 434 g/mol. The number of nitrogens with zero attached hydrogens (tertiary/aromatic N) is 2. The van der Waals surface area contributed by atoms with E-state index in [4.69, 9.17) is 14.6 Å². The number of hydrogen-bond acceptors (Lipinski definition) is 5. The zero-order valence-corrected chi connectivity index (χ0v) is 17.1. The van der Waals surface area contributed by atoms with E-state index in [1.807, 2.05) is 35.0 Å². The number of carboxylic acids is 1. The second kappa shape index (κ2) is 9.80. The van der Waals surface area contributed by atoms with Crippen LogP contribution in [-0.2, 0) is 20.9 Å². The number of halogens is 3. The Labute approximate surface area is 171 Å². The molecule has 2 saturated heterocycles. The normalized spacial score (nSPS) is 20.2. The fraction of sp³-hybridized carbons (Fsp3) is 0.632. The lowest BCUT2D eigenvalue weighted by Gasteiger charge is -2.47. The van der Waals surface area contributed by atoms with Gasteiger partial charge in [0.1, 0.15) is 0 Å². The Morgan fingerprint density at radius 3 is 2.59 bits per heavy atom. The Morgan fingerprint density at radius 2 is 2.07 bits per heavy atom. The molecule has 2 aliphatic rings. The molecule has 3 heterocycles. The molecule has 1 aromatic rings. The van der Waals surface area contributed by atoms with Gasteiger partial charge in [0.05, 0.1) is 17.5 Å². The van der Waals surface area contributed by atoms with E-state index in [2.05, 4.69) is 18.8 Å². The fourth-order valence-electron chi connectivity index (χ4n) is 3.13. The molecule has 1 spiro atoms. The van der Waals surface area contributed by atoms with Crippen LogP contribution in [0.25, 0.3) is 0 Å². The van der Waals surface area contributed by atoms with E-state index in [1.165, 1.54) is 0 Å². The Morgan fingerprint density at radius 1 is 1.41 bits per heavy atom. The number of ether oxygens (including phenoxy) is 1. The van der Waals surface area contributed by atoms with Crippen LogP contribution < -0.4 is 0 Å². The third-order valence-electron chi connectivity index (χ3n) is 4.52. The minimum atomic E-state index is -5.08. The maximum atomic E-state index is 12.0. The van der Waals surface area contributed by atoms with Crippen molar-refractivity contribution in [3.63, 3.8) is 0 Å². The smallest absolute Gasteiger partial charge is 0.475 e. The quantitative estimate of drug-likeness (QED) is 0.766. The molecule has 6 nitrogen and oxygen atoms in total. The molecule has 1 N–H and O–H groups in total. The van der Waals surface area contributed by atoms with Crippen molar-refractivity contribution in [3.05, 3.63) is 30.1 Å². The van der Waals surface area contributed by atoms with Gasteiger partial charge >= 0.3 is 12.1 Å². The van der Waals surface area contributed by atoms with Crippen molar-refractivity contribution in [1.29, 1.82) is 0 Å². The minimum Gasteiger partial charge on any atom is -0.475 e. The summed E-state index contributed by atoms with van der Waals surface area (Å²) in [5.74, 6) is -0.976. The van der Waals surface area contributed by atoms with E-state index in [0.29, 0.717) is 31.0 Å². The Bertz CT molecular complexity index is 694. The molecule has 1 unspecified atom stereocenters. The number of alkyl halides is 3. The maximum Gasteiger partial charge on any atom is 0.490 e. The molecular weight excluding hydrogens is 409 g/mol. The minimum absolute atomic E-state index is 0.256. The van der Waals surface area contributed by atoms with Crippen molar-refractivity contribution >= 4 is 23.6 Å². The van der Waals surface area contributed by atoms with Gasteiger partial charge in [-0.15, -0.1) is 11.8 Å². The first kappa shape index (κ1) is 23.5. The molecule has 0 aliphatic carbocycles. The van der Waals surface area contributed by atoms with Gasteiger partial charge in [0.15, 0.2) is 0 Å². The highest BCUT2D eigenvalue weighted by Gasteiger charge is 2.50. The lowest BCUT2D eigenvalue weighted by Crippen LogP contribution is -2.60. The van der Waals surface area contributed by atoms with E-state index < -0.39 is 12.1 Å². The SMILES string of the molecule is CC(C)CC(=O)N1CC2(CC(OCc3cccnc3)CS2)C1.O=C(O)C(F)(F)F. The predicted molar refractivity (Wildman–Crippen MR) is 102 cm³/mol. The zero-order valence-electron chi connectivity index (χ0n) is 16.3. The van der Waals surface area contributed by atoms with Gasteiger partial charge in [-0.2, -0.15) is 13.2 Å². The van der Waals surface area contributed by atoms with E-state index in [9.17, 15) is 18.0 Å². The van der Waals surface area contributed by atoms with Crippen LogP contribution in [0.5, 0.6) is 0 Å². The van der Waals surface area contributed by atoms with Gasteiger partial charge in [-0.25, -0.2) is 4.79 Å². The van der Waals surface area contributed by atoms with Crippen LogP contribution in [0.15, 0.2) is 24.5 Å². The number of aliphatic carboxylic acids is 1. The molecule has 1 amide bonds. The van der Waals surface area contributed by atoms with Crippen molar-refractivity contribution in [2.75, 3.05) is 18.8 Å². The number of aromatic nitrogens is 1. The Kier molecular flexibility index (Phi) is 7.93. The van der Waals surface area contributed by atoms with Gasteiger partial charge in [-0.1, -0.05) is 19.9 Å². The summed E-state index contributed by atoms with van der Waals surface area (Å²) >= 11 is 1.98. The molecule has 2 aliphatic heterocycles. The Balaban J connectivity index is 0.000000370. The molecule has 1 atom stereocenters. The first-order valence-electron chi connectivity index (χ1n) is 9.23. The van der Waals surface area contributed by atoms with Crippen molar-refractivity contribution in [2.45, 2.75) is 50.3 Å². The van der Waals surface area contributed by atoms with E-state index in [-0.39, 0.29) is 4.75 Å². The summed E-state index contributed by atoms with van der Waals surface area (Å²) in [7, 11) is 0. The number of likely N-dealkylation sites (tertiary alicyclic amines) is 1. The average molecular weight is 434 g/mol. The molecule has 0 bridgehead atoms. The van der Waals surface area contributed by atoms with Crippen LogP contribution in [-0.4, -0.2) is 62.7 Å². The molecule has 10 heteroatoms. The molecule has 1 aromatic heterocycles. The highest BCUT2D eigenvalue weighted by atomic mass is 32.2. The number of thioether (sulfide) groups is 1. The Hall–Kier alpha value is -1.81. The van der Waals surface area contributed by atoms with Gasteiger partial charge in [-0.05, 0) is 24.0 Å². The lowest BCUT2D eigenvalue weighted by molar-refractivity contribution is -0.192. The van der Waals surface area contributed by atoms with Gasteiger partial charge < -0.3 is 14.7 Å². The number of carboxylic acid groups (broad SMARTS) is 1. The summed E-state index contributed by atoms with van der Waals surface area (Å²) < 4.78 is 38.0. The van der Waals surface area contributed by atoms with Gasteiger partial charge in [-0.3, -0.25) is 9.78 Å². The summed E-state index contributed by atoms with van der Waals surface area (Å²) in [6.07, 6.45) is 0.576. The van der Waals surface area contributed by atoms with E-state index in [1.54, 1.807) is 6.20 Å². The number of amides is 1. The first-order valence-corrected chi connectivity index (χ1v) is 10.2. The molecule has 29 heavy (non-hydrogen) atoms. The standard InChI is InChI=1S/C17H24N2O2S.C2HF3O2/c1-13(2)6-16(20)19-11-17(12-19)7-15(10-22-17)21-9-14-4-3-5-18-8-14;3-2(4,5)1(6)7/h3-5,8,13,15H,6-7,9-12H2,1-2H3;(H,6,7). The topological polar surface area (TPSA) is 79.7 Å². The van der Waals surface area contributed by atoms with Crippen LogP contribution in [0.3, 0.4) is 0 Å². The first-order chi connectivity index (χ1) is 13.5. The largest absolute Gasteiger partial charge is 0.490 e. The lowest BCUT2D eigenvalue weighted by atomic mass is 9.92. The molecular formula is C19H25F3N2O4S. The van der Waals surface area contributed by atoms with Gasteiger partial charge in [0.25, 0.3) is 0 Å². The van der Waals surface area contributed by atoms with Crippen LogP contribution in [0.2, 0.25) is 0 Å². The van der Waals surface area contributed by atoms with Crippen LogP contribution in [0, 0.1) is 5.92 Å². The second-order valence-electron chi connectivity index (χ2n) is 7.64. The van der Waals surface area contributed by atoms with Crippen molar-refractivity contribution in [1.82, 2.24) is 9.88 Å². The number of carbonyl (C=O) groups excluding carboxylic acids is 1. The van der Waals surface area contributed by atoms with Gasteiger partial charge in [0.2, 0.25) is 5.91 Å². The predicted octanol–water partition coefficient (Wildman–Crippen LogP) is 3.36. The summed E-state index contributed by atoms with van der Waals surface area (Å²) in [6.45, 7) is 6.62. The molecule has 0 aromatic carbocycles. The van der Waals surface area contributed by atoms with E-state index >= 15 is 0 Å². The summed E-state index contributed by atoms with van der Waals surface area (Å²) in [6, 6.07) is 3.98. The second-order valence-corrected chi connectivity index (χ2v) is 9.13. The van der Waals surface area contributed by atoms with Crippen molar-refractivity contribution < 1.29 is 32.6 Å². The fourth-order valence-corrected chi connectivity index (χ4v) is 4.68. The molecule has 3 rings (SSSR count). The molecule has 0 saturated carbocycles. The third-order valence-corrected chi connectivity index (χ3v) is 6.10. The number of carbonyl (C=O) groups is 2. The van der Waals surface area contributed by atoms with Crippen molar-refractivity contribution in [2.24, 2.45) is 5.92 Å².